The molecule has 3 aliphatic rings. The third-order valence-electron chi connectivity index (χ3n) is 14.7. The first kappa shape index (κ1) is 36.9. The van der Waals surface area contributed by atoms with E-state index in [0.717, 1.165) is 23.5 Å². The normalized spacial score (nSPS) is 18.0. The Hall–Kier alpha value is -6.38. The smallest absolute Gasteiger partial charge is 0.0497 e. The number of rotatable bonds is 7. The van der Waals surface area contributed by atoms with Crippen molar-refractivity contribution in [3.63, 3.8) is 0 Å². The highest BCUT2D eigenvalue weighted by Crippen LogP contribution is 2.63. The van der Waals surface area contributed by atoms with Gasteiger partial charge in [-0.05, 0) is 139 Å². The van der Waals surface area contributed by atoms with Crippen LogP contribution < -0.4 is 9.80 Å². The maximum Gasteiger partial charge on any atom is 0.0497 e. The molecule has 0 saturated heterocycles. The fraction of sp³-hybridized carbons (Fsp3) is 0.193. The second-order valence-electron chi connectivity index (χ2n) is 18.2. The van der Waals surface area contributed by atoms with Gasteiger partial charge in [-0.1, -0.05) is 163 Å². The first-order valence-electron chi connectivity index (χ1n) is 21.2. The molecule has 59 heavy (non-hydrogen) atoms. The molecule has 0 spiro atoms. The molecule has 0 fully saturated rings. The lowest BCUT2D eigenvalue weighted by molar-refractivity contribution is 0.125. The number of hydrogen-bond donors (Lipinski definition) is 0. The Morgan fingerprint density at radius 1 is 0.475 bits per heavy atom. The maximum atomic E-state index is 2.57. The van der Waals surface area contributed by atoms with Crippen LogP contribution in [0.1, 0.15) is 76.1 Å². The molecule has 2 nitrogen and oxygen atoms in total. The van der Waals surface area contributed by atoms with Crippen molar-refractivity contribution in [2.45, 2.75) is 64.7 Å². The lowest BCUT2D eigenvalue weighted by atomic mass is 9.59. The summed E-state index contributed by atoms with van der Waals surface area (Å²) in [5.41, 5.74) is 19.5. The van der Waals surface area contributed by atoms with Crippen LogP contribution in [0.25, 0.3) is 27.8 Å². The molecule has 7 aromatic rings. The van der Waals surface area contributed by atoms with Crippen molar-refractivity contribution in [3.05, 3.63) is 216 Å². The SMILES string of the molecule is CC1(C)c2ccc(N3C4=CC=C(c5ccccc5-c5ccccc5)CC4c4cc(-c5ccc(N(c6ccccc6)c6ccccc6)cc5)ccc43)cc2C(C)(C)C1(C)C. The van der Waals surface area contributed by atoms with Crippen LogP contribution in [-0.4, -0.2) is 0 Å². The Bertz CT molecular complexity index is 2710. The van der Waals surface area contributed by atoms with Gasteiger partial charge in [0.05, 0.1) is 0 Å². The van der Waals surface area contributed by atoms with E-state index in [4.69, 9.17) is 0 Å². The first-order valence-corrected chi connectivity index (χ1v) is 21.2. The highest BCUT2D eigenvalue weighted by molar-refractivity contribution is 5.88. The molecule has 1 aliphatic heterocycles. The van der Waals surface area contributed by atoms with Crippen molar-refractivity contribution in [1.29, 1.82) is 0 Å². The summed E-state index contributed by atoms with van der Waals surface area (Å²) in [4.78, 5) is 4.89. The van der Waals surface area contributed by atoms with Gasteiger partial charge in [0.25, 0.3) is 0 Å². The molecule has 0 bridgehead atoms. The number of fused-ring (bicyclic) bond motifs is 4. The molecular formula is C57H52N2. The average molecular weight is 765 g/mol. The van der Waals surface area contributed by atoms with E-state index in [-0.39, 0.29) is 22.2 Å². The third-order valence-corrected chi connectivity index (χ3v) is 14.7. The molecule has 2 aliphatic carbocycles. The Morgan fingerprint density at radius 2 is 1.03 bits per heavy atom. The Kier molecular flexibility index (Phi) is 8.69. The molecule has 0 N–H and O–H groups in total. The number of para-hydroxylation sites is 2. The maximum absolute atomic E-state index is 2.57. The van der Waals surface area contributed by atoms with Gasteiger partial charge in [0.15, 0.2) is 0 Å². The number of allylic oxidation sites excluding steroid dienone is 4. The summed E-state index contributed by atoms with van der Waals surface area (Å²) in [5, 5.41) is 0. The summed E-state index contributed by atoms with van der Waals surface area (Å²) >= 11 is 0. The second-order valence-corrected chi connectivity index (χ2v) is 18.2. The highest BCUT2D eigenvalue weighted by Gasteiger charge is 2.57. The predicted octanol–water partition coefficient (Wildman–Crippen LogP) is 15.7. The van der Waals surface area contributed by atoms with E-state index in [0.29, 0.717) is 0 Å². The molecule has 290 valence electrons. The van der Waals surface area contributed by atoms with Crippen molar-refractivity contribution in [2.75, 3.05) is 9.80 Å². The Balaban J connectivity index is 1.08. The van der Waals surface area contributed by atoms with Crippen molar-refractivity contribution < 1.29 is 0 Å². The molecule has 0 aromatic heterocycles. The zero-order valence-corrected chi connectivity index (χ0v) is 35.1. The minimum atomic E-state index is 0.0194. The lowest BCUT2D eigenvalue weighted by Gasteiger charge is -2.44. The molecule has 1 heterocycles. The lowest BCUT2D eigenvalue weighted by Crippen LogP contribution is -2.42. The first-order chi connectivity index (χ1) is 28.5. The van der Waals surface area contributed by atoms with Crippen LogP contribution in [0.4, 0.5) is 28.4 Å². The monoisotopic (exact) mass is 764 g/mol. The van der Waals surface area contributed by atoms with Crippen molar-refractivity contribution in [3.8, 4) is 22.3 Å². The van der Waals surface area contributed by atoms with Gasteiger partial charge in [-0.3, -0.25) is 0 Å². The molecule has 2 heteroatoms. The summed E-state index contributed by atoms with van der Waals surface area (Å²) in [6.07, 6.45) is 5.73. The molecule has 1 atom stereocenters. The fourth-order valence-electron chi connectivity index (χ4n) is 10.3. The van der Waals surface area contributed by atoms with Gasteiger partial charge < -0.3 is 9.80 Å². The van der Waals surface area contributed by atoms with Crippen LogP contribution in [0.15, 0.2) is 194 Å². The van der Waals surface area contributed by atoms with Crippen molar-refractivity contribution >= 4 is 34.0 Å². The van der Waals surface area contributed by atoms with Crippen molar-refractivity contribution in [2.24, 2.45) is 5.41 Å². The largest absolute Gasteiger partial charge is 0.313 e. The van der Waals surface area contributed by atoms with Crippen LogP contribution >= 0.6 is 0 Å². The molecule has 0 saturated carbocycles. The van der Waals surface area contributed by atoms with Gasteiger partial charge in [0.1, 0.15) is 0 Å². The van der Waals surface area contributed by atoms with Crippen LogP contribution in [0.5, 0.6) is 0 Å². The number of nitrogens with zero attached hydrogens (tertiary/aromatic N) is 2. The number of anilines is 5. The van der Waals surface area contributed by atoms with Crippen molar-refractivity contribution in [1.82, 2.24) is 0 Å². The van der Waals surface area contributed by atoms with Gasteiger partial charge in [-0.25, -0.2) is 0 Å². The Labute approximate surface area is 350 Å². The van der Waals surface area contributed by atoms with E-state index in [2.05, 4.69) is 239 Å². The molecule has 7 aromatic carbocycles. The van der Waals surface area contributed by atoms with Gasteiger partial charge in [0.2, 0.25) is 0 Å². The van der Waals surface area contributed by atoms with Gasteiger partial charge in [0, 0.05) is 40.1 Å². The Morgan fingerprint density at radius 3 is 1.69 bits per heavy atom. The average Bonchev–Trinajstić information content (AvgIpc) is 3.65. The zero-order chi connectivity index (χ0) is 40.5. The van der Waals surface area contributed by atoms with Crippen LogP contribution in [-0.2, 0) is 10.8 Å². The van der Waals surface area contributed by atoms with E-state index in [1.807, 2.05) is 0 Å². The predicted molar refractivity (Wildman–Crippen MR) is 250 cm³/mol. The molecular weight excluding hydrogens is 713 g/mol. The zero-order valence-electron chi connectivity index (χ0n) is 35.1. The summed E-state index contributed by atoms with van der Waals surface area (Å²) in [7, 11) is 0. The highest BCUT2D eigenvalue weighted by atomic mass is 15.2. The summed E-state index contributed by atoms with van der Waals surface area (Å²) in [5.74, 6) is 0.217. The summed E-state index contributed by atoms with van der Waals surface area (Å²) in [6, 6.07) is 64.6. The fourth-order valence-corrected chi connectivity index (χ4v) is 10.3. The third kappa shape index (κ3) is 5.83. The van der Waals surface area contributed by atoms with Gasteiger partial charge in [-0.2, -0.15) is 0 Å². The standard InChI is InChI=1S/C57H52N2/c1-55(2)51-33-32-46(38-52(51)56(3,4)57(55,5)6)59-53-34-28-41(39-26-30-45(31-27-39)58(43-20-12-8-13-21-43)44-22-14-9-15-23-44)36-49(53)50-37-42(29-35-54(50)59)48-25-17-16-24-47(48)40-18-10-7-11-19-40/h7-36,38,50H,37H2,1-6H3. The van der Waals surface area contributed by atoms with E-state index >= 15 is 0 Å². The molecule has 0 amide bonds. The molecule has 1 unspecified atom stereocenters. The quantitative estimate of drug-likeness (QED) is 0.159. The van der Waals surface area contributed by atoms with Crippen LogP contribution in [0.3, 0.4) is 0 Å². The molecule has 0 radical (unpaired) electrons. The van der Waals surface area contributed by atoms with E-state index in [1.165, 1.54) is 67.2 Å². The van der Waals surface area contributed by atoms with Gasteiger partial charge >= 0.3 is 0 Å². The minimum Gasteiger partial charge on any atom is -0.313 e. The topological polar surface area (TPSA) is 6.48 Å². The summed E-state index contributed by atoms with van der Waals surface area (Å²) in [6.45, 7) is 14.7. The van der Waals surface area contributed by atoms with Gasteiger partial charge in [-0.15, -0.1) is 0 Å². The number of hydrogen-bond acceptors (Lipinski definition) is 2. The van der Waals surface area contributed by atoms with E-state index < -0.39 is 0 Å². The second kappa shape index (κ2) is 13.9. The van der Waals surface area contributed by atoms with E-state index in [1.54, 1.807) is 0 Å². The minimum absolute atomic E-state index is 0.0194. The van der Waals surface area contributed by atoms with E-state index in [9.17, 15) is 0 Å². The molecule has 10 rings (SSSR count). The van der Waals surface area contributed by atoms with Crippen LogP contribution in [0.2, 0.25) is 0 Å². The number of benzene rings is 7. The summed E-state index contributed by atoms with van der Waals surface area (Å²) < 4.78 is 0. The van der Waals surface area contributed by atoms with Crippen LogP contribution in [0, 0.1) is 5.41 Å².